The van der Waals surface area contributed by atoms with Crippen LogP contribution in [0.15, 0.2) is 48.5 Å². The van der Waals surface area contributed by atoms with Gasteiger partial charge in [-0.2, -0.15) is 0 Å². The molecule has 2 rings (SSSR count). The quantitative estimate of drug-likeness (QED) is 0.801. The summed E-state index contributed by atoms with van der Waals surface area (Å²) < 4.78 is 40.2. The average molecular weight is 378 g/mol. The number of benzene rings is 2. The molecule has 0 aliphatic rings. The van der Waals surface area contributed by atoms with Gasteiger partial charge in [0.05, 0.1) is 17.4 Å². The number of amides is 1. The number of halogens is 1. The second-order valence-corrected chi connectivity index (χ2v) is 7.98. The van der Waals surface area contributed by atoms with Crippen LogP contribution in [0.2, 0.25) is 0 Å². The third-order valence-corrected chi connectivity index (χ3v) is 5.37. The predicted octanol–water partition coefficient (Wildman–Crippen LogP) is 3.57. The Morgan fingerprint density at radius 2 is 1.88 bits per heavy atom. The summed E-state index contributed by atoms with van der Waals surface area (Å²) >= 11 is 0. The zero-order valence-corrected chi connectivity index (χ0v) is 15.9. The second kappa shape index (κ2) is 8.31. The average Bonchev–Trinajstić information content (AvgIpc) is 2.54. The van der Waals surface area contributed by atoms with E-state index in [0.29, 0.717) is 6.54 Å². The maximum absolute atomic E-state index is 13.2. The van der Waals surface area contributed by atoms with E-state index in [-0.39, 0.29) is 17.3 Å². The largest absolute Gasteiger partial charge is 0.312 e. The Labute approximate surface area is 153 Å². The topological polar surface area (TPSA) is 66.5 Å². The lowest BCUT2D eigenvalue weighted by atomic mass is 10.1. The first kappa shape index (κ1) is 19.9. The number of carbonyl (C=O) groups is 1. The van der Waals surface area contributed by atoms with E-state index in [2.05, 4.69) is 4.72 Å². The summed E-state index contributed by atoms with van der Waals surface area (Å²) in [6.07, 6.45) is 0. The van der Waals surface area contributed by atoms with Gasteiger partial charge >= 0.3 is 0 Å². The molecule has 2 aromatic carbocycles. The van der Waals surface area contributed by atoms with Crippen LogP contribution in [0.4, 0.5) is 15.8 Å². The molecule has 1 N–H and O–H groups in total. The summed E-state index contributed by atoms with van der Waals surface area (Å²) in [4.78, 5) is 14.3. The van der Waals surface area contributed by atoms with Crippen molar-refractivity contribution in [3.8, 4) is 0 Å². The fourth-order valence-electron chi connectivity index (χ4n) is 2.70. The Bertz CT molecular complexity index is 884. The Balaban J connectivity index is 2.11. The molecule has 0 fully saturated rings. The van der Waals surface area contributed by atoms with Crippen LogP contribution < -0.4 is 9.62 Å². The van der Waals surface area contributed by atoms with Gasteiger partial charge in [0.25, 0.3) is 0 Å². The van der Waals surface area contributed by atoms with Crippen molar-refractivity contribution in [3.63, 3.8) is 0 Å². The van der Waals surface area contributed by atoms with Crippen molar-refractivity contribution < 1.29 is 17.6 Å². The lowest BCUT2D eigenvalue weighted by Gasteiger charge is -2.25. The highest BCUT2D eigenvalue weighted by Crippen LogP contribution is 2.19. The maximum Gasteiger partial charge on any atom is 0.233 e. The number of nitrogens with one attached hydrogen (secondary N) is 1. The van der Waals surface area contributed by atoms with Gasteiger partial charge in [-0.3, -0.25) is 9.52 Å². The van der Waals surface area contributed by atoms with Crippen LogP contribution in [0.1, 0.15) is 19.4 Å². The zero-order valence-electron chi connectivity index (χ0n) is 15.1. The lowest BCUT2D eigenvalue weighted by molar-refractivity contribution is -0.121. The van der Waals surface area contributed by atoms with Gasteiger partial charge in [-0.25, -0.2) is 12.8 Å². The standard InChI is InChI=1S/C19H23FN2O3S/c1-4-22(18-10-5-7-14(2)11-18)19(23)15(3)13-26(24,25)21-17-9-6-8-16(20)12-17/h5-12,15,21H,4,13H2,1-3H3. The number of sulfonamides is 1. The van der Waals surface area contributed by atoms with Crippen LogP contribution in [-0.4, -0.2) is 26.6 Å². The van der Waals surface area contributed by atoms with E-state index in [1.165, 1.54) is 18.2 Å². The van der Waals surface area contributed by atoms with Gasteiger partial charge in [0.2, 0.25) is 15.9 Å². The summed E-state index contributed by atoms with van der Waals surface area (Å²) in [7, 11) is -3.79. The van der Waals surface area contributed by atoms with Crippen molar-refractivity contribution in [1.82, 2.24) is 0 Å². The number of nitrogens with zero attached hydrogens (tertiary/aromatic N) is 1. The monoisotopic (exact) mass is 378 g/mol. The second-order valence-electron chi connectivity index (χ2n) is 6.22. The van der Waals surface area contributed by atoms with Crippen LogP contribution in [0.3, 0.4) is 0 Å². The van der Waals surface area contributed by atoms with Crippen molar-refractivity contribution >= 4 is 27.3 Å². The molecule has 2 aromatic rings. The number of hydrogen-bond donors (Lipinski definition) is 1. The molecule has 0 saturated carbocycles. The highest BCUT2D eigenvalue weighted by atomic mass is 32.2. The summed E-state index contributed by atoms with van der Waals surface area (Å²) in [6, 6.07) is 12.7. The van der Waals surface area contributed by atoms with Gasteiger partial charge in [-0.15, -0.1) is 0 Å². The lowest BCUT2D eigenvalue weighted by Crippen LogP contribution is -2.38. The third kappa shape index (κ3) is 5.29. The molecular formula is C19H23FN2O3S. The van der Waals surface area contributed by atoms with Crippen molar-refractivity contribution in [2.75, 3.05) is 21.9 Å². The minimum absolute atomic E-state index is 0.135. The van der Waals surface area contributed by atoms with Gasteiger partial charge in [0, 0.05) is 12.2 Å². The van der Waals surface area contributed by atoms with E-state index in [1.54, 1.807) is 11.8 Å². The van der Waals surface area contributed by atoms with Crippen LogP contribution in [0, 0.1) is 18.7 Å². The molecule has 1 amide bonds. The van der Waals surface area contributed by atoms with Crippen LogP contribution in [0.25, 0.3) is 0 Å². The number of anilines is 2. The van der Waals surface area contributed by atoms with E-state index in [9.17, 15) is 17.6 Å². The first-order valence-corrected chi connectivity index (χ1v) is 10.0. The SMILES string of the molecule is CCN(C(=O)C(C)CS(=O)(=O)Nc1cccc(F)c1)c1cccc(C)c1. The zero-order chi connectivity index (χ0) is 19.3. The first-order valence-electron chi connectivity index (χ1n) is 8.36. The minimum atomic E-state index is -3.79. The van der Waals surface area contributed by atoms with Crippen LogP contribution >= 0.6 is 0 Å². The highest BCUT2D eigenvalue weighted by molar-refractivity contribution is 7.92. The molecule has 140 valence electrons. The van der Waals surface area contributed by atoms with Gasteiger partial charge in [0.1, 0.15) is 5.82 Å². The molecule has 0 saturated heterocycles. The number of rotatable bonds is 7. The predicted molar refractivity (Wildman–Crippen MR) is 102 cm³/mol. The Morgan fingerprint density at radius 1 is 1.19 bits per heavy atom. The molecule has 0 spiro atoms. The number of carbonyl (C=O) groups excluding carboxylic acids is 1. The molecule has 0 aliphatic carbocycles. The maximum atomic E-state index is 13.2. The smallest absolute Gasteiger partial charge is 0.233 e. The summed E-state index contributed by atoms with van der Waals surface area (Å²) in [5, 5.41) is 0. The van der Waals surface area contributed by atoms with E-state index in [0.717, 1.165) is 17.3 Å². The van der Waals surface area contributed by atoms with Crippen molar-refractivity contribution in [2.24, 2.45) is 5.92 Å². The van der Waals surface area contributed by atoms with E-state index < -0.39 is 21.8 Å². The molecule has 0 aliphatic heterocycles. The third-order valence-electron chi connectivity index (χ3n) is 3.88. The number of hydrogen-bond acceptors (Lipinski definition) is 3. The molecule has 5 nitrogen and oxygen atoms in total. The van der Waals surface area contributed by atoms with Crippen molar-refractivity contribution in [3.05, 3.63) is 59.9 Å². The summed E-state index contributed by atoms with van der Waals surface area (Å²) in [6.45, 7) is 5.78. The van der Waals surface area contributed by atoms with Crippen LogP contribution in [0.5, 0.6) is 0 Å². The first-order chi connectivity index (χ1) is 12.2. The molecule has 0 radical (unpaired) electrons. The van der Waals surface area contributed by atoms with Gasteiger partial charge in [-0.1, -0.05) is 25.1 Å². The van der Waals surface area contributed by atoms with Crippen molar-refractivity contribution in [1.29, 1.82) is 0 Å². The minimum Gasteiger partial charge on any atom is -0.312 e. The van der Waals surface area contributed by atoms with E-state index in [1.807, 2.05) is 38.1 Å². The van der Waals surface area contributed by atoms with Gasteiger partial charge < -0.3 is 4.90 Å². The van der Waals surface area contributed by atoms with E-state index >= 15 is 0 Å². The molecule has 0 heterocycles. The summed E-state index contributed by atoms with van der Waals surface area (Å²) in [5.74, 6) is -1.94. The summed E-state index contributed by atoms with van der Waals surface area (Å²) in [5.41, 5.74) is 1.89. The Morgan fingerprint density at radius 3 is 2.50 bits per heavy atom. The Hall–Kier alpha value is -2.41. The molecule has 0 bridgehead atoms. The fourth-order valence-corrected chi connectivity index (χ4v) is 4.07. The highest BCUT2D eigenvalue weighted by Gasteiger charge is 2.26. The molecule has 0 aromatic heterocycles. The normalized spacial score (nSPS) is 12.5. The Kier molecular flexibility index (Phi) is 6.37. The van der Waals surface area contributed by atoms with Crippen LogP contribution in [-0.2, 0) is 14.8 Å². The van der Waals surface area contributed by atoms with E-state index in [4.69, 9.17) is 0 Å². The van der Waals surface area contributed by atoms with Gasteiger partial charge in [-0.05, 0) is 49.7 Å². The van der Waals surface area contributed by atoms with Crippen molar-refractivity contribution in [2.45, 2.75) is 20.8 Å². The molecule has 1 unspecified atom stereocenters. The number of aryl methyl sites for hydroxylation is 1. The molecular weight excluding hydrogens is 355 g/mol. The van der Waals surface area contributed by atoms with Gasteiger partial charge in [0.15, 0.2) is 0 Å². The molecule has 7 heteroatoms. The molecule has 1 atom stereocenters. The molecule has 26 heavy (non-hydrogen) atoms. The fraction of sp³-hybridized carbons (Fsp3) is 0.316.